The minimum Gasteiger partial charge on any atom is -0.497 e. The number of aromatic nitrogens is 2. The Hall–Kier alpha value is -3.25. The highest BCUT2D eigenvalue weighted by molar-refractivity contribution is 5.91. The van der Waals surface area contributed by atoms with E-state index in [1.165, 1.54) is 5.56 Å². The number of hydrogen-bond donors (Lipinski definition) is 1. The molecule has 1 aliphatic heterocycles. The fraction of sp³-hybridized carbons (Fsp3) is 0.346. The number of hydrogen-bond acceptors (Lipinski definition) is 5. The van der Waals surface area contributed by atoms with Gasteiger partial charge in [0, 0.05) is 11.1 Å². The molecule has 0 spiro atoms. The molecule has 2 aromatic carbocycles. The second-order valence-corrected chi connectivity index (χ2v) is 8.56. The van der Waals surface area contributed by atoms with Crippen LogP contribution in [-0.2, 0) is 4.79 Å². The van der Waals surface area contributed by atoms with Crippen molar-refractivity contribution in [2.75, 3.05) is 32.1 Å². The quantitative estimate of drug-likeness (QED) is 0.609. The fourth-order valence-electron chi connectivity index (χ4n) is 3.87. The SMILES string of the molecule is COc1ccc(-c2cc(-c3ccc(C)cc3)nc(NC(=O)CN3CCC(C)CC3)n2)cc1. The standard InChI is InChI=1S/C26H30N4O2/c1-18-4-6-20(7-5-18)23-16-24(21-8-10-22(32-3)11-9-21)28-26(27-23)29-25(31)17-30-14-12-19(2)13-15-30/h4-11,16,19H,12-15,17H2,1-3H3,(H,27,28,29,31). The third-order valence-electron chi connectivity index (χ3n) is 5.95. The van der Waals surface area contributed by atoms with E-state index < -0.39 is 0 Å². The summed E-state index contributed by atoms with van der Waals surface area (Å²) in [7, 11) is 1.64. The maximum Gasteiger partial charge on any atom is 0.240 e. The summed E-state index contributed by atoms with van der Waals surface area (Å²) in [5.74, 6) is 1.76. The van der Waals surface area contributed by atoms with Crippen molar-refractivity contribution in [2.45, 2.75) is 26.7 Å². The molecule has 6 nitrogen and oxygen atoms in total. The molecule has 1 amide bonds. The van der Waals surface area contributed by atoms with Crippen molar-refractivity contribution >= 4 is 11.9 Å². The molecule has 1 saturated heterocycles. The number of nitrogens with one attached hydrogen (secondary N) is 1. The molecule has 1 aromatic heterocycles. The van der Waals surface area contributed by atoms with Gasteiger partial charge >= 0.3 is 0 Å². The van der Waals surface area contributed by atoms with Crippen molar-refractivity contribution in [3.05, 3.63) is 60.2 Å². The van der Waals surface area contributed by atoms with Gasteiger partial charge < -0.3 is 4.74 Å². The number of benzene rings is 2. The molecule has 0 bridgehead atoms. The molecule has 166 valence electrons. The van der Waals surface area contributed by atoms with Crippen LogP contribution in [-0.4, -0.2) is 47.5 Å². The molecule has 2 heterocycles. The molecule has 1 aliphatic rings. The van der Waals surface area contributed by atoms with Gasteiger partial charge in [-0.2, -0.15) is 0 Å². The van der Waals surface area contributed by atoms with E-state index in [9.17, 15) is 4.79 Å². The Morgan fingerprint density at radius 1 is 1.00 bits per heavy atom. The van der Waals surface area contributed by atoms with Crippen LogP contribution in [0.3, 0.4) is 0 Å². The molecule has 0 aliphatic carbocycles. The minimum atomic E-state index is -0.0821. The van der Waals surface area contributed by atoms with Crippen molar-refractivity contribution < 1.29 is 9.53 Å². The topological polar surface area (TPSA) is 67.3 Å². The van der Waals surface area contributed by atoms with Crippen LogP contribution < -0.4 is 10.1 Å². The molecule has 0 atom stereocenters. The van der Waals surface area contributed by atoms with Crippen LogP contribution in [0.1, 0.15) is 25.3 Å². The Labute approximate surface area is 189 Å². The summed E-state index contributed by atoms with van der Waals surface area (Å²) in [6.45, 7) is 6.59. The monoisotopic (exact) mass is 430 g/mol. The molecule has 0 unspecified atom stereocenters. The molecule has 3 aromatic rings. The van der Waals surface area contributed by atoms with Crippen LogP contribution in [0, 0.1) is 12.8 Å². The van der Waals surface area contributed by atoms with Crippen LogP contribution in [0.4, 0.5) is 5.95 Å². The Morgan fingerprint density at radius 3 is 2.12 bits per heavy atom. The first-order valence-corrected chi connectivity index (χ1v) is 11.1. The lowest BCUT2D eigenvalue weighted by atomic mass is 9.99. The van der Waals surface area contributed by atoms with Crippen molar-refractivity contribution in [2.24, 2.45) is 5.92 Å². The van der Waals surface area contributed by atoms with Crippen molar-refractivity contribution in [3.63, 3.8) is 0 Å². The summed E-state index contributed by atoms with van der Waals surface area (Å²) >= 11 is 0. The van der Waals surface area contributed by atoms with E-state index in [0.29, 0.717) is 12.5 Å². The smallest absolute Gasteiger partial charge is 0.240 e. The average Bonchev–Trinajstić information content (AvgIpc) is 2.81. The summed E-state index contributed by atoms with van der Waals surface area (Å²) in [6, 6.07) is 17.9. The zero-order chi connectivity index (χ0) is 22.5. The zero-order valence-corrected chi connectivity index (χ0v) is 19.0. The van der Waals surface area contributed by atoms with Gasteiger partial charge in [0.05, 0.1) is 25.0 Å². The highest BCUT2D eigenvalue weighted by Crippen LogP contribution is 2.27. The summed E-state index contributed by atoms with van der Waals surface area (Å²) in [6.07, 6.45) is 2.27. The third-order valence-corrected chi connectivity index (χ3v) is 5.95. The van der Waals surface area contributed by atoms with E-state index in [1.54, 1.807) is 7.11 Å². The number of piperidine rings is 1. The minimum absolute atomic E-state index is 0.0821. The molecular formula is C26H30N4O2. The number of likely N-dealkylation sites (tertiary alicyclic amines) is 1. The first-order chi connectivity index (χ1) is 15.5. The highest BCUT2D eigenvalue weighted by atomic mass is 16.5. The molecule has 6 heteroatoms. The lowest BCUT2D eigenvalue weighted by Crippen LogP contribution is -2.38. The van der Waals surface area contributed by atoms with Crippen molar-refractivity contribution in [1.82, 2.24) is 14.9 Å². The maximum absolute atomic E-state index is 12.7. The van der Waals surface area contributed by atoms with Gasteiger partial charge in [0.25, 0.3) is 0 Å². The van der Waals surface area contributed by atoms with E-state index >= 15 is 0 Å². The van der Waals surface area contributed by atoms with Gasteiger partial charge in [0.1, 0.15) is 5.75 Å². The largest absolute Gasteiger partial charge is 0.497 e. The predicted molar refractivity (Wildman–Crippen MR) is 128 cm³/mol. The third kappa shape index (κ3) is 5.51. The van der Waals surface area contributed by atoms with Gasteiger partial charge in [-0.05, 0) is 69.1 Å². The molecular weight excluding hydrogens is 400 g/mol. The fourth-order valence-corrected chi connectivity index (χ4v) is 3.87. The second-order valence-electron chi connectivity index (χ2n) is 8.56. The number of methoxy groups -OCH3 is 1. The van der Waals surface area contributed by atoms with Crippen LogP contribution >= 0.6 is 0 Å². The van der Waals surface area contributed by atoms with E-state index in [4.69, 9.17) is 4.74 Å². The zero-order valence-electron chi connectivity index (χ0n) is 19.0. The highest BCUT2D eigenvalue weighted by Gasteiger charge is 2.19. The Kier molecular flexibility index (Phi) is 6.81. The molecule has 1 fully saturated rings. The normalized spacial score (nSPS) is 14.8. The second kappa shape index (κ2) is 9.92. The summed E-state index contributed by atoms with van der Waals surface area (Å²) < 4.78 is 5.27. The van der Waals surface area contributed by atoms with E-state index in [0.717, 1.165) is 60.1 Å². The van der Waals surface area contributed by atoms with Gasteiger partial charge in [0.2, 0.25) is 11.9 Å². The average molecular weight is 431 g/mol. The van der Waals surface area contributed by atoms with E-state index in [2.05, 4.69) is 46.2 Å². The van der Waals surface area contributed by atoms with Crippen molar-refractivity contribution in [3.8, 4) is 28.3 Å². The molecule has 1 N–H and O–H groups in total. The molecule has 0 saturated carbocycles. The Balaban J connectivity index is 1.60. The van der Waals surface area contributed by atoms with Gasteiger partial charge in [-0.1, -0.05) is 36.8 Å². The molecule has 32 heavy (non-hydrogen) atoms. The Bertz CT molecular complexity index is 1060. The van der Waals surface area contributed by atoms with Crippen LogP contribution in [0.2, 0.25) is 0 Å². The lowest BCUT2D eigenvalue weighted by Gasteiger charge is -2.29. The summed E-state index contributed by atoms with van der Waals surface area (Å²) in [4.78, 5) is 24.2. The number of rotatable bonds is 6. The lowest BCUT2D eigenvalue weighted by molar-refractivity contribution is -0.117. The first-order valence-electron chi connectivity index (χ1n) is 11.1. The van der Waals surface area contributed by atoms with Gasteiger partial charge in [-0.15, -0.1) is 0 Å². The van der Waals surface area contributed by atoms with Gasteiger partial charge in [-0.3, -0.25) is 15.0 Å². The van der Waals surface area contributed by atoms with Crippen LogP contribution in [0.15, 0.2) is 54.6 Å². The van der Waals surface area contributed by atoms with Crippen molar-refractivity contribution in [1.29, 1.82) is 0 Å². The molecule has 0 radical (unpaired) electrons. The number of amides is 1. The number of ether oxygens (including phenoxy) is 1. The number of carbonyl (C=O) groups is 1. The van der Waals surface area contributed by atoms with E-state index in [-0.39, 0.29) is 5.91 Å². The van der Waals surface area contributed by atoms with Crippen LogP contribution in [0.25, 0.3) is 22.5 Å². The number of anilines is 1. The maximum atomic E-state index is 12.7. The Morgan fingerprint density at radius 2 is 1.56 bits per heavy atom. The van der Waals surface area contributed by atoms with E-state index in [1.807, 2.05) is 42.5 Å². The number of aryl methyl sites for hydroxylation is 1. The first kappa shape index (κ1) is 22.0. The van der Waals surface area contributed by atoms with Gasteiger partial charge in [0.15, 0.2) is 0 Å². The van der Waals surface area contributed by atoms with Gasteiger partial charge in [-0.25, -0.2) is 9.97 Å². The number of carbonyl (C=O) groups excluding carboxylic acids is 1. The molecule has 4 rings (SSSR count). The predicted octanol–water partition coefficient (Wildman–Crippen LogP) is 4.80. The van der Waals surface area contributed by atoms with Crippen LogP contribution in [0.5, 0.6) is 5.75 Å². The number of nitrogens with zero attached hydrogens (tertiary/aromatic N) is 3. The summed E-state index contributed by atoms with van der Waals surface area (Å²) in [5.41, 5.74) is 4.62. The summed E-state index contributed by atoms with van der Waals surface area (Å²) in [5, 5.41) is 2.93.